The Kier molecular flexibility index (Phi) is 5.28. The van der Waals surface area contributed by atoms with Crippen LogP contribution in [0.1, 0.15) is 30.1 Å². The Morgan fingerprint density at radius 3 is 2.76 bits per heavy atom. The molecule has 0 radical (unpaired) electrons. The molecule has 1 fully saturated rings. The number of piperidine rings is 1. The third-order valence-electron chi connectivity index (χ3n) is 4.52. The quantitative estimate of drug-likeness (QED) is 0.925. The lowest BCUT2D eigenvalue weighted by atomic mass is 10.0. The highest BCUT2D eigenvalue weighted by Gasteiger charge is 2.24. The van der Waals surface area contributed by atoms with Gasteiger partial charge in [-0.3, -0.25) is 4.79 Å². The van der Waals surface area contributed by atoms with E-state index in [4.69, 9.17) is 4.74 Å². The third-order valence-corrected chi connectivity index (χ3v) is 4.52. The molecule has 132 valence electrons. The average Bonchev–Trinajstić information content (AvgIpc) is 2.59. The van der Waals surface area contributed by atoms with Gasteiger partial charge in [-0.1, -0.05) is 6.07 Å². The van der Waals surface area contributed by atoms with Gasteiger partial charge >= 0.3 is 0 Å². The number of pyridine rings is 1. The predicted molar refractivity (Wildman–Crippen MR) is 94.3 cm³/mol. The highest BCUT2D eigenvalue weighted by molar-refractivity contribution is 6.03. The lowest BCUT2D eigenvalue weighted by Gasteiger charge is -2.34. The molecule has 0 spiro atoms. The van der Waals surface area contributed by atoms with E-state index in [-0.39, 0.29) is 17.8 Å². The summed E-state index contributed by atoms with van der Waals surface area (Å²) in [7, 11) is 2.12. The lowest BCUT2D eigenvalue weighted by molar-refractivity contribution is 0.0760. The molecule has 25 heavy (non-hydrogen) atoms. The van der Waals surface area contributed by atoms with E-state index in [0.717, 1.165) is 19.4 Å². The van der Waals surface area contributed by atoms with Crippen molar-refractivity contribution in [3.63, 3.8) is 0 Å². The van der Waals surface area contributed by atoms with Gasteiger partial charge in [-0.15, -0.1) is 0 Å². The van der Waals surface area contributed by atoms with Crippen LogP contribution in [0, 0.1) is 5.82 Å². The summed E-state index contributed by atoms with van der Waals surface area (Å²) in [5, 5.41) is 2.71. The molecule has 5 nitrogen and oxygen atoms in total. The molecule has 0 bridgehead atoms. The largest absolute Gasteiger partial charge is 0.474 e. The van der Waals surface area contributed by atoms with Gasteiger partial charge < -0.3 is 15.0 Å². The van der Waals surface area contributed by atoms with E-state index >= 15 is 0 Å². The van der Waals surface area contributed by atoms with Crippen LogP contribution >= 0.6 is 0 Å². The third kappa shape index (κ3) is 4.54. The normalized spacial score (nSPS) is 20.9. The van der Waals surface area contributed by atoms with Crippen molar-refractivity contribution in [1.29, 1.82) is 0 Å². The van der Waals surface area contributed by atoms with E-state index in [2.05, 4.69) is 29.2 Å². The number of ether oxygens (including phenoxy) is 1. The fourth-order valence-electron chi connectivity index (χ4n) is 2.86. The van der Waals surface area contributed by atoms with Crippen molar-refractivity contribution >= 4 is 11.7 Å². The highest BCUT2D eigenvalue weighted by Crippen LogP contribution is 2.21. The van der Waals surface area contributed by atoms with Gasteiger partial charge in [0.05, 0.1) is 0 Å². The van der Waals surface area contributed by atoms with Gasteiger partial charge in [-0.25, -0.2) is 4.39 Å². The number of rotatable bonds is 4. The van der Waals surface area contributed by atoms with E-state index in [1.54, 1.807) is 18.2 Å². The number of likely N-dealkylation sites (tertiary alicyclic amines) is 1. The van der Waals surface area contributed by atoms with E-state index in [9.17, 15) is 9.18 Å². The number of hydrogen-bond donors (Lipinski definition) is 1. The number of carbonyl (C=O) groups excluding carboxylic acids is 1. The summed E-state index contributed by atoms with van der Waals surface area (Å²) in [4.78, 5) is 18.9. The minimum Gasteiger partial charge on any atom is -0.474 e. The number of benzene rings is 1. The summed E-state index contributed by atoms with van der Waals surface area (Å²) < 4.78 is 18.9. The van der Waals surface area contributed by atoms with Crippen LogP contribution in [-0.4, -0.2) is 41.5 Å². The second kappa shape index (κ2) is 7.61. The average molecular weight is 343 g/mol. The molecule has 1 amide bonds. The molecule has 1 saturated heterocycles. The van der Waals surface area contributed by atoms with E-state index in [0.29, 0.717) is 23.3 Å². The van der Waals surface area contributed by atoms with Crippen molar-refractivity contribution < 1.29 is 13.9 Å². The fourth-order valence-corrected chi connectivity index (χ4v) is 2.86. The van der Waals surface area contributed by atoms with Gasteiger partial charge in [0.1, 0.15) is 17.7 Å². The Hall–Kier alpha value is -2.47. The van der Waals surface area contributed by atoms with E-state index in [1.165, 1.54) is 24.3 Å². The van der Waals surface area contributed by atoms with Gasteiger partial charge in [0.2, 0.25) is 5.88 Å². The number of carbonyl (C=O) groups is 1. The Labute approximate surface area is 146 Å². The highest BCUT2D eigenvalue weighted by atomic mass is 19.1. The summed E-state index contributed by atoms with van der Waals surface area (Å²) >= 11 is 0. The minimum atomic E-state index is -0.377. The van der Waals surface area contributed by atoms with Crippen LogP contribution < -0.4 is 10.1 Å². The second-order valence-corrected chi connectivity index (χ2v) is 6.42. The predicted octanol–water partition coefficient (Wildman–Crippen LogP) is 3.33. The SMILES string of the molecule is CC1CC(Oc2cccc(NC(=O)c3ccc(F)cc3)n2)CCN1C. The second-order valence-electron chi connectivity index (χ2n) is 6.42. The smallest absolute Gasteiger partial charge is 0.256 e. The first kappa shape index (κ1) is 17.4. The molecule has 2 atom stereocenters. The zero-order valence-electron chi connectivity index (χ0n) is 14.4. The standard InChI is InChI=1S/C19H22FN3O2/c1-13-12-16(10-11-23(13)2)25-18-5-3-4-17(21-18)22-19(24)14-6-8-15(20)9-7-14/h3-9,13,16H,10-12H2,1-2H3,(H,21,22,24). The van der Waals surface area contributed by atoms with Crippen molar-refractivity contribution in [2.24, 2.45) is 0 Å². The number of aromatic nitrogens is 1. The van der Waals surface area contributed by atoms with E-state index < -0.39 is 0 Å². The molecular formula is C19H22FN3O2. The molecule has 1 N–H and O–H groups in total. The van der Waals surface area contributed by atoms with Crippen LogP contribution in [0.15, 0.2) is 42.5 Å². The van der Waals surface area contributed by atoms with Crippen LogP contribution in [0.2, 0.25) is 0 Å². The van der Waals surface area contributed by atoms with Crippen molar-refractivity contribution in [3.8, 4) is 5.88 Å². The zero-order valence-corrected chi connectivity index (χ0v) is 14.4. The van der Waals surface area contributed by atoms with Gasteiger partial charge in [-0.05, 0) is 57.1 Å². The maximum Gasteiger partial charge on any atom is 0.256 e. The zero-order chi connectivity index (χ0) is 17.8. The van der Waals surface area contributed by atoms with Crippen LogP contribution in [0.3, 0.4) is 0 Å². The van der Waals surface area contributed by atoms with E-state index in [1.807, 2.05) is 0 Å². The molecule has 2 aromatic rings. The van der Waals surface area contributed by atoms with Gasteiger partial charge in [-0.2, -0.15) is 4.98 Å². The molecule has 2 unspecified atom stereocenters. The number of hydrogen-bond acceptors (Lipinski definition) is 4. The van der Waals surface area contributed by atoms with Crippen LogP contribution in [-0.2, 0) is 0 Å². The fraction of sp³-hybridized carbons (Fsp3) is 0.368. The number of anilines is 1. The molecule has 0 saturated carbocycles. The molecule has 6 heteroatoms. The summed E-state index contributed by atoms with van der Waals surface area (Å²) in [6, 6.07) is 11.1. The van der Waals surface area contributed by atoms with Crippen molar-refractivity contribution in [2.45, 2.75) is 31.9 Å². The summed E-state index contributed by atoms with van der Waals surface area (Å²) in [5.41, 5.74) is 0.374. The molecule has 3 rings (SSSR count). The van der Waals surface area contributed by atoms with Crippen molar-refractivity contribution in [3.05, 3.63) is 53.8 Å². The van der Waals surface area contributed by atoms with Crippen molar-refractivity contribution in [2.75, 3.05) is 18.9 Å². The van der Waals surface area contributed by atoms with Crippen molar-refractivity contribution in [1.82, 2.24) is 9.88 Å². The lowest BCUT2D eigenvalue weighted by Crippen LogP contribution is -2.42. The molecule has 1 aliphatic heterocycles. The van der Waals surface area contributed by atoms with Gasteiger partial charge in [0, 0.05) is 24.2 Å². The number of nitrogens with one attached hydrogen (secondary N) is 1. The molecule has 0 aliphatic carbocycles. The topological polar surface area (TPSA) is 54.5 Å². The Balaban J connectivity index is 1.63. The van der Waals surface area contributed by atoms with Crippen LogP contribution in [0.5, 0.6) is 5.88 Å². The summed E-state index contributed by atoms with van der Waals surface area (Å²) in [6.45, 7) is 3.18. The minimum absolute atomic E-state index is 0.127. The molecular weight excluding hydrogens is 321 g/mol. The molecule has 1 aromatic carbocycles. The maximum absolute atomic E-state index is 12.9. The maximum atomic E-state index is 12.9. The Bertz CT molecular complexity index is 736. The monoisotopic (exact) mass is 343 g/mol. The molecule has 1 aromatic heterocycles. The number of amides is 1. The number of nitrogens with zero attached hydrogens (tertiary/aromatic N) is 2. The Morgan fingerprint density at radius 1 is 1.28 bits per heavy atom. The van der Waals surface area contributed by atoms with Gasteiger partial charge in [0.15, 0.2) is 0 Å². The summed E-state index contributed by atoms with van der Waals surface area (Å²) in [5.74, 6) is 0.196. The van der Waals surface area contributed by atoms with Crippen LogP contribution in [0.25, 0.3) is 0 Å². The molecule has 1 aliphatic rings. The van der Waals surface area contributed by atoms with Gasteiger partial charge in [0.25, 0.3) is 5.91 Å². The Morgan fingerprint density at radius 2 is 2.04 bits per heavy atom. The first-order valence-corrected chi connectivity index (χ1v) is 8.42. The first-order valence-electron chi connectivity index (χ1n) is 8.42. The summed E-state index contributed by atoms with van der Waals surface area (Å²) in [6.07, 6.45) is 2.03. The molecule has 2 heterocycles. The van der Waals surface area contributed by atoms with Crippen LogP contribution in [0.4, 0.5) is 10.2 Å². The number of halogens is 1. The first-order chi connectivity index (χ1) is 12.0.